The van der Waals surface area contributed by atoms with E-state index in [0.29, 0.717) is 11.8 Å². The molecule has 6 nitrogen and oxygen atoms in total. The average molecular weight is 229 g/mol. The van der Waals surface area contributed by atoms with Crippen LogP contribution in [0.5, 0.6) is 0 Å². The summed E-state index contributed by atoms with van der Waals surface area (Å²) in [6, 6.07) is 3.94. The third-order valence-electron chi connectivity index (χ3n) is 1.56. The third-order valence-corrected chi connectivity index (χ3v) is 1.88. The highest BCUT2D eigenvalue weighted by atomic mass is 35.5. The van der Waals surface area contributed by atoms with Crippen LogP contribution in [0.3, 0.4) is 0 Å². The number of benzene rings is 1. The van der Waals surface area contributed by atoms with Crippen LogP contribution in [0.4, 0.5) is 5.69 Å². The first-order valence-electron chi connectivity index (χ1n) is 3.76. The van der Waals surface area contributed by atoms with Crippen LogP contribution >= 0.6 is 11.6 Å². The molecule has 0 aliphatic heterocycles. The second kappa shape index (κ2) is 4.52. The minimum atomic E-state index is -0.652. The normalized spacial score (nSPS) is 10.5. The van der Waals surface area contributed by atoms with Crippen LogP contribution in [0.15, 0.2) is 24.4 Å². The Hall–Kier alpha value is -1.95. The lowest BCUT2D eigenvalue weighted by Gasteiger charge is -1.95. The predicted molar refractivity (Wildman–Crippen MR) is 54.1 cm³/mol. The zero-order valence-corrected chi connectivity index (χ0v) is 8.05. The fourth-order valence-corrected chi connectivity index (χ4v) is 1.11. The van der Waals surface area contributed by atoms with Crippen molar-refractivity contribution in [3.8, 4) is 0 Å². The molecule has 0 bridgehead atoms. The molecule has 0 spiro atoms. The van der Waals surface area contributed by atoms with Crippen molar-refractivity contribution in [2.45, 2.75) is 0 Å². The van der Waals surface area contributed by atoms with Crippen molar-refractivity contribution >= 4 is 23.4 Å². The van der Waals surface area contributed by atoms with Crippen LogP contribution in [0.1, 0.15) is 5.56 Å². The first-order valence-corrected chi connectivity index (χ1v) is 4.14. The third kappa shape index (κ3) is 3.03. The van der Waals surface area contributed by atoms with Gasteiger partial charge in [-0.1, -0.05) is 17.7 Å². The van der Waals surface area contributed by atoms with Gasteiger partial charge in [-0.05, 0) is 11.6 Å². The van der Waals surface area contributed by atoms with Gasteiger partial charge in [-0.25, -0.2) is 0 Å². The summed E-state index contributed by atoms with van der Waals surface area (Å²) in [6.07, 6.45) is 1.86. The molecule has 0 aliphatic rings. The predicted octanol–water partition coefficient (Wildman–Crippen LogP) is 2.50. The summed E-state index contributed by atoms with van der Waals surface area (Å²) in [6.45, 7) is 0. The molecule has 0 saturated heterocycles. The quantitative estimate of drug-likeness (QED) is 0.587. The first kappa shape index (κ1) is 11.1. The smallest absolute Gasteiger partial charge is 0.259 e. The minimum Gasteiger partial charge on any atom is -0.259 e. The molecule has 78 valence electrons. The molecule has 0 radical (unpaired) electrons. The Morgan fingerprint density at radius 3 is 2.47 bits per heavy atom. The zero-order valence-electron chi connectivity index (χ0n) is 7.29. The lowest BCUT2D eigenvalue weighted by atomic mass is 10.2. The molecule has 0 atom stereocenters. The van der Waals surface area contributed by atoms with Crippen LogP contribution in [-0.2, 0) is 0 Å². The summed E-state index contributed by atoms with van der Waals surface area (Å²) in [5, 5.41) is 20.5. The van der Waals surface area contributed by atoms with Crippen LogP contribution < -0.4 is 0 Å². The second-order valence-corrected chi connectivity index (χ2v) is 2.98. The number of nitro groups is 2. The molecule has 0 saturated carbocycles. The number of hydrogen-bond acceptors (Lipinski definition) is 4. The number of hydrogen-bond donors (Lipinski definition) is 0. The molecule has 0 amide bonds. The van der Waals surface area contributed by atoms with Crippen molar-refractivity contribution in [1.82, 2.24) is 0 Å². The van der Waals surface area contributed by atoms with Gasteiger partial charge in [0.05, 0.1) is 9.85 Å². The molecule has 15 heavy (non-hydrogen) atoms. The van der Waals surface area contributed by atoms with Gasteiger partial charge in [-0.15, -0.1) is 0 Å². The van der Waals surface area contributed by atoms with Gasteiger partial charge in [0.1, 0.15) is 5.02 Å². The summed E-state index contributed by atoms with van der Waals surface area (Å²) in [4.78, 5) is 19.2. The van der Waals surface area contributed by atoms with Crippen LogP contribution in [0, 0.1) is 20.2 Å². The number of nitrogens with zero attached hydrogens (tertiary/aromatic N) is 2. The molecule has 0 unspecified atom stereocenters. The number of nitro benzene ring substituents is 1. The van der Waals surface area contributed by atoms with Crippen molar-refractivity contribution < 1.29 is 9.85 Å². The van der Waals surface area contributed by atoms with Crippen molar-refractivity contribution in [2.24, 2.45) is 0 Å². The Kier molecular flexibility index (Phi) is 3.35. The Balaban J connectivity index is 3.08. The van der Waals surface area contributed by atoms with Gasteiger partial charge in [0, 0.05) is 12.1 Å². The van der Waals surface area contributed by atoms with E-state index in [1.807, 2.05) is 0 Å². The fraction of sp³-hybridized carbons (Fsp3) is 0. The van der Waals surface area contributed by atoms with Crippen LogP contribution in [0.2, 0.25) is 5.02 Å². The van der Waals surface area contributed by atoms with E-state index in [-0.39, 0.29) is 10.7 Å². The molecule has 0 aliphatic carbocycles. The highest BCUT2D eigenvalue weighted by Gasteiger charge is 2.11. The van der Waals surface area contributed by atoms with E-state index in [9.17, 15) is 20.2 Å². The van der Waals surface area contributed by atoms with E-state index >= 15 is 0 Å². The van der Waals surface area contributed by atoms with Crippen molar-refractivity contribution in [2.75, 3.05) is 0 Å². The maximum absolute atomic E-state index is 10.5. The molecule has 0 heterocycles. The molecule has 7 heteroatoms. The Morgan fingerprint density at radius 1 is 1.27 bits per heavy atom. The highest BCUT2D eigenvalue weighted by molar-refractivity contribution is 6.32. The van der Waals surface area contributed by atoms with E-state index < -0.39 is 9.85 Å². The average Bonchev–Trinajstić information content (AvgIpc) is 2.16. The molecule has 1 aromatic rings. The van der Waals surface area contributed by atoms with Gasteiger partial charge in [-0.2, -0.15) is 0 Å². The summed E-state index contributed by atoms with van der Waals surface area (Å²) < 4.78 is 0. The Morgan fingerprint density at radius 2 is 1.93 bits per heavy atom. The van der Waals surface area contributed by atoms with E-state index in [4.69, 9.17) is 11.6 Å². The highest BCUT2D eigenvalue weighted by Crippen LogP contribution is 2.25. The summed E-state index contributed by atoms with van der Waals surface area (Å²) in [5.41, 5.74) is 0.0740. The summed E-state index contributed by atoms with van der Waals surface area (Å²) >= 11 is 5.55. The molecular weight excluding hydrogens is 224 g/mol. The van der Waals surface area contributed by atoms with Gasteiger partial charge < -0.3 is 0 Å². The van der Waals surface area contributed by atoms with E-state index in [1.54, 1.807) is 0 Å². The van der Waals surface area contributed by atoms with E-state index in [1.165, 1.54) is 18.2 Å². The SMILES string of the molecule is O=[N+]([O-])/C=C/c1ccc(Cl)c([N+](=O)[O-])c1. The molecule has 0 aromatic heterocycles. The monoisotopic (exact) mass is 228 g/mol. The van der Waals surface area contributed by atoms with Gasteiger partial charge in [0.15, 0.2) is 0 Å². The summed E-state index contributed by atoms with van der Waals surface area (Å²) in [7, 11) is 0. The van der Waals surface area contributed by atoms with Gasteiger partial charge in [0.2, 0.25) is 6.20 Å². The van der Waals surface area contributed by atoms with Crippen LogP contribution in [-0.4, -0.2) is 9.85 Å². The maximum Gasteiger partial charge on any atom is 0.288 e. The van der Waals surface area contributed by atoms with E-state index in [2.05, 4.69) is 0 Å². The van der Waals surface area contributed by atoms with E-state index in [0.717, 1.165) is 6.08 Å². The molecule has 1 rings (SSSR count). The van der Waals surface area contributed by atoms with Gasteiger partial charge in [-0.3, -0.25) is 20.2 Å². The number of rotatable bonds is 3. The minimum absolute atomic E-state index is 0.00162. The van der Waals surface area contributed by atoms with Crippen LogP contribution in [0.25, 0.3) is 6.08 Å². The molecule has 0 N–H and O–H groups in total. The van der Waals surface area contributed by atoms with Crippen molar-refractivity contribution in [3.05, 3.63) is 55.2 Å². The largest absolute Gasteiger partial charge is 0.288 e. The van der Waals surface area contributed by atoms with Crippen molar-refractivity contribution in [3.63, 3.8) is 0 Å². The Bertz CT molecular complexity index is 444. The first-order chi connectivity index (χ1) is 7.00. The number of halogens is 1. The van der Waals surface area contributed by atoms with Gasteiger partial charge >= 0.3 is 0 Å². The second-order valence-electron chi connectivity index (χ2n) is 2.57. The Labute approximate surface area is 89.1 Å². The lowest BCUT2D eigenvalue weighted by molar-refractivity contribution is -0.400. The van der Waals surface area contributed by atoms with Crippen molar-refractivity contribution in [1.29, 1.82) is 0 Å². The lowest BCUT2D eigenvalue weighted by Crippen LogP contribution is -1.90. The summed E-state index contributed by atoms with van der Waals surface area (Å²) in [5.74, 6) is 0. The molecule has 0 fully saturated rings. The maximum atomic E-state index is 10.5. The topological polar surface area (TPSA) is 86.3 Å². The standard InChI is InChI=1S/C8H5ClN2O4/c9-7-2-1-6(3-4-10(12)13)5-8(7)11(14)15/h1-5H/b4-3+. The fourth-order valence-electron chi connectivity index (χ4n) is 0.920. The molecular formula is C8H5ClN2O4. The zero-order chi connectivity index (χ0) is 11.4. The van der Waals surface area contributed by atoms with Gasteiger partial charge in [0.25, 0.3) is 5.69 Å². The molecule has 1 aromatic carbocycles.